The van der Waals surface area contributed by atoms with Crippen LogP contribution in [0.5, 0.6) is 5.75 Å². The third kappa shape index (κ3) is 4.24. The minimum Gasteiger partial charge on any atom is -0.489 e. The highest BCUT2D eigenvalue weighted by Gasteiger charge is 2.42. The lowest BCUT2D eigenvalue weighted by atomic mass is 10.1. The Hall–Kier alpha value is -1.53. The largest absolute Gasteiger partial charge is 0.489 e. The van der Waals surface area contributed by atoms with Crippen molar-refractivity contribution in [2.24, 2.45) is 0 Å². The summed E-state index contributed by atoms with van der Waals surface area (Å²) in [6, 6.07) is 13.9. The van der Waals surface area contributed by atoms with E-state index in [2.05, 4.69) is 20.7 Å². The van der Waals surface area contributed by atoms with Crippen LogP contribution in [0.2, 0.25) is 0 Å². The number of halogens is 4. The van der Waals surface area contributed by atoms with Gasteiger partial charge in [-0.1, -0.05) is 52.3 Å². The molecule has 0 heterocycles. The Morgan fingerprint density at radius 3 is 2.32 bits per heavy atom. The molecule has 0 aliphatic carbocycles. The van der Waals surface area contributed by atoms with Gasteiger partial charge in [0.15, 0.2) is 6.10 Å². The van der Waals surface area contributed by atoms with Gasteiger partial charge in [0.1, 0.15) is 12.4 Å². The van der Waals surface area contributed by atoms with Gasteiger partial charge >= 0.3 is 6.18 Å². The fourth-order valence-electron chi connectivity index (χ4n) is 1.99. The zero-order chi connectivity index (χ0) is 16.2. The van der Waals surface area contributed by atoms with E-state index in [0.29, 0.717) is 16.8 Å². The Morgan fingerprint density at radius 1 is 1.09 bits per heavy atom. The number of benzene rings is 2. The summed E-state index contributed by atoms with van der Waals surface area (Å²) < 4.78 is 49.1. The second-order valence-corrected chi connectivity index (χ2v) is 5.47. The molecular weight excluding hydrogens is 361 g/mol. The number of alkyl halides is 3. The van der Waals surface area contributed by atoms with Crippen LogP contribution in [0.4, 0.5) is 13.2 Å². The highest BCUT2D eigenvalue weighted by molar-refractivity contribution is 9.10. The van der Waals surface area contributed by atoms with Gasteiger partial charge in [-0.25, -0.2) is 0 Å². The molecule has 2 aromatic carbocycles. The zero-order valence-electron chi connectivity index (χ0n) is 11.7. The van der Waals surface area contributed by atoms with Crippen LogP contribution >= 0.6 is 15.9 Å². The van der Waals surface area contributed by atoms with Crippen molar-refractivity contribution in [3.63, 3.8) is 0 Å². The second-order valence-electron chi connectivity index (χ2n) is 4.61. The van der Waals surface area contributed by atoms with E-state index in [4.69, 9.17) is 4.74 Å². The Labute approximate surface area is 135 Å². The predicted octanol–water partition coefficient (Wildman–Crippen LogP) is 5.28. The molecule has 2 aromatic rings. The number of hydrogen-bond acceptors (Lipinski definition) is 2. The first-order valence-corrected chi connectivity index (χ1v) is 7.27. The van der Waals surface area contributed by atoms with Gasteiger partial charge in [-0.2, -0.15) is 13.2 Å². The Bertz CT molecular complexity index is 615. The number of hydrogen-bond donors (Lipinski definition) is 0. The zero-order valence-corrected chi connectivity index (χ0v) is 13.3. The topological polar surface area (TPSA) is 18.5 Å². The van der Waals surface area contributed by atoms with Gasteiger partial charge in [-0.15, -0.1) is 0 Å². The fraction of sp³-hybridized carbons (Fsp3) is 0.250. The van der Waals surface area contributed by atoms with Crippen LogP contribution in [-0.2, 0) is 11.3 Å². The van der Waals surface area contributed by atoms with Crippen molar-refractivity contribution in [1.82, 2.24) is 0 Å². The summed E-state index contributed by atoms with van der Waals surface area (Å²) in [5, 5.41) is 0. The van der Waals surface area contributed by atoms with E-state index in [9.17, 15) is 13.2 Å². The maximum absolute atomic E-state index is 12.9. The van der Waals surface area contributed by atoms with E-state index in [0.717, 1.165) is 12.7 Å². The van der Waals surface area contributed by atoms with Crippen LogP contribution in [-0.4, -0.2) is 13.3 Å². The summed E-state index contributed by atoms with van der Waals surface area (Å²) in [5.74, 6) is 0.483. The molecule has 118 valence electrons. The first-order valence-electron chi connectivity index (χ1n) is 6.47. The van der Waals surface area contributed by atoms with Gasteiger partial charge in [0.05, 0.1) is 0 Å². The summed E-state index contributed by atoms with van der Waals surface area (Å²) in [5.41, 5.74) is 0.995. The SMILES string of the molecule is COC(c1ccc(OCc2ccccc2)cc1Br)C(F)(F)F. The predicted molar refractivity (Wildman–Crippen MR) is 80.7 cm³/mol. The van der Waals surface area contributed by atoms with Crippen LogP contribution < -0.4 is 4.74 Å². The van der Waals surface area contributed by atoms with Crippen molar-refractivity contribution in [2.75, 3.05) is 7.11 Å². The Morgan fingerprint density at radius 2 is 1.77 bits per heavy atom. The normalized spacial score (nSPS) is 13.0. The standard InChI is InChI=1S/C16H14BrF3O2/c1-21-15(16(18,19)20)13-8-7-12(9-14(13)17)22-10-11-5-3-2-4-6-11/h2-9,15H,10H2,1H3. The van der Waals surface area contributed by atoms with Crippen LogP contribution in [0.3, 0.4) is 0 Å². The van der Waals surface area contributed by atoms with Crippen molar-refractivity contribution in [2.45, 2.75) is 18.9 Å². The first-order chi connectivity index (χ1) is 10.4. The van der Waals surface area contributed by atoms with Crippen LogP contribution in [0.25, 0.3) is 0 Å². The molecule has 0 aliphatic rings. The van der Waals surface area contributed by atoms with Crippen LogP contribution in [0.1, 0.15) is 17.2 Å². The van der Waals surface area contributed by atoms with E-state index in [1.165, 1.54) is 18.2 Å². The summed E-state index contributed by atoms with van der Waals surface area (Å²) in [6.45, 7) is 0.347. The lowest BCUT2D eigenvalue weighted by molar-refractivity contribution is -0.216. The van der Waals surface area contributed by atoms with Gasteiger partial charge < -0.3 is 9.47 Å². The number of ether oxygens (including phenoxy) is 2. The lowest BCUT2D eigenvalue weighted by Crippen LogP contribution is -2.22. The van der Waals surface area contributed by atoms with Crippen LogP contribution in [0, 0.1) is 0 Å². The number of methoxy groups -OCH3 is 1. The molecule has 1 atom stereocenters. The highest BCUT2D eigenvalue weighted by Crippen LogP contribution is 2.39. The van der Waals surface area contributed by atoms with Gasteiger partial charge in [0.2, 0.25) is 0 Å². The Kier molecular flexibility index (Phi) is 5.47. The molecule has 2 rings (SSSR count). The molecule has 0 spiro atoms. The molecule has 0 bridgehead atoms. The van der Waals surface area contributed by atoms with Crippen molar-refractivity contribution < 1.29 is 22.6 Å². The van der Waals surface area contributed by atoms with E-state index in [1.54, 1.807) is 0 Å². The van der Waals surface area contributed by atoms with Crippen molar-refractivity contribution >= 4 is 15.9 Å². The molecule has 0 fully saturated rings. The average Bonchev–Trinajstić information content (AvgIpc) is 2.47. The molecule has 0 saturated heterocycles. The van der Waals surface area contributed by atoms with Gasteiger partial charge in [0.25, 0.3) is 0 Å². The van der Waals surface area contributed by atoms with E-state index in [1.807, 2.05) is 30.3 Å². The van der Waals surface area contributed by atoms with E-state index in [-0.39, 0.29) is 5.56 Å². The number of rotatable bonds is 5. The molecule has 0 aromatic heterocycles. The minimum absolute atomic E-state index is 0.0158. The molecule has 1 unspecified atom stereocenters. The summed E-state index contributed by atoms with van der Waals surface area (Å²) in [7, 11) is 1.03. The summed E-state index contributed by atoms with van der Waals surface area (Å²) >= 11 is 3.15. The smallest absolute Gasteiger partial charge is 0.418 e. The van der Waals surface area contributed by atoms with Crippen molar-refractivity contribution in [3.05, 3.63) is 64.1 Å². The van der Waals surface area contributed by atoms with Crippen LogP contribution in [0.15, 0.2) is 53.0 Å². The molecule has 0 radical (unpaired) electrons. The summed E-state index contributed by atoms with van der Waals surface area (Å²) in [4.78, 5) is 0. The summed E-state index contributed by atoms with van der Waals surface area (Å²) in [6.07, 6.45) is -6.44. The first kappa shape index (κ1) is 16.8. The van der Waals surface area contributed by atoms with Gasteiger partial charge in [-0.3, -0.25) is 0 Å². The van der Waals surface area contributed by atoms with Gasteiger partial charge in [-0.05, 0) is 17.7 Å². The third-order valence-corrected chi connectivity index (χ3v) is 3.72. The molecule has 0 aliphatic heterocycles. The van der Waals surface area contributed by atoms with E-state index < -0.39 is 12.3 Å². The molecule has 0 saturated carbocycles. The quantitative estimate of drug-likeness (QED) is 0.708. The van der Waals surface area contributed by atoms with E-state index >= 15 is 0 Å². The molecule has 22 heavy (non-hydrogen) atoms. The minimum atomic E-state index is -4.47. The Balaban J connectivity index is 2.12. The molecular formula is C16H14BrF3O2. The third-order valence-electron chi connectivity index (χ3n) is 3.04. The molecule has 0 amide bonds. The fourth-order valence-corrected chi connectivity index (χ4v) is 2.55. The van der Waals surface area contributed by atoms with Crippen molar-refractivity contribution in [1.29, 1.82) is 0 Å². The highest BCUT2D eigenvalue weighted by atomic mass is 79.9. The molecule has 0 N–H and O–H groups in total. The lowest BCUT2D eigenvalue weighted by Gasteiger charge is -2.20. The maximum Gasteiger partial charge on any atom is 0.418 e. The van der Waals surface area contributed by atoms with Gasteiger partial charge in [0, 0.05) is 17.1 Å². The average molecular weight is 375 g/mol. The second kappa shape index (κ2) is 7.15. The monoisotopic (exact) mass is 374 g/mol. The molecule has 2 nitrogen and oxygen atoms in total. The molecule has 6 heteroatoms. The maximum atomic E-state index is 12.9. The van der Waals surface area contributed by atoms with Crippen molar-refractivity contribution in [3.8, 4) is 5.75 Å².